The first-order valence-electron chi connectivity index (χ1n) is 8.14. The van der Waals surface area contributed by atoms with Crippen LogP contribution in [0.15, 0.2) is 6.07 Å². The van der Waals surface area contributed by atoms with E-state index in [0.29, 0.717) is 5.15 Å². The molecule has 2 saturated heterocycles. The van der Waals surface area contributed by atoms with Crippen molar-refractivity contribution in [2.45, 2.75) is 39.2 Å². The van der Waals surface area contributed by atoms with Crippen molar-refractivity contribution in [3.05, 3.63) is 22.7 Å². The summed E-state index contributed by atoms with van der Waals surface area (Å²) >= 11 is 6.01. The number of nitrogens with zero attached hydrogens (tertiary/aromatic N) is 4. The van der Waals surface area contributed by atoms with Gasteiger partial charge in [0, 0.05) is 12.2 Å². The van der Waals surface area contributed by atoms with Crippen molar-refractivity contribution < 1.29 is 0 Å². The molecule has 21 heavy (non-hydrogen) atoms. The Bertz CT molecular complexity index is 445. The number of rotatable bonds is 4. The highest BCUT2D eigenvalue weighted by atomic mass is 35.5. The Hall–Kier alpha value is -0.710. The van der Waals surface area contributed by atoms with Crippen LogP contribution in [-0.2, 0) is 6.54 Å². The van der Waals surface area contributed by atoms with Gasteiger partial charge >= 0.3 is 0 Å². The summed E-state index contributed by atoms with van der Waals surface area (Å²) in [6, 6.07) is 1.81. The van der Waals surface area contributed by atoms with Crippen LogP contribution in [0.3, 0.4) is 0 Å². The van der Waals surface area contributed by atoms with Crippen molar-refractivity contribution in [1.82, 2.24) is 19.8 Å². The van der Waals surface area contributed by atoms with Crippen LogP contribution < -0.4 is 0 Å². The van der Waals surface area contributed by atoms with E-state index in [2.05, 4.69) is 19.8 Å². The molecule has 0 unspecified atom stereocenters. The Morgan fingerprint density at radius 3 is 2.48 bits per heavy atom. The Labute approximate surface area is 132 Å². The zero-order chi connectivity index (χ0) is 14.7. The largest absolute Gasteiger partial charge is 0.303 e. The molecule has 0 aliphatic carbocycles. The lowest BCUT2D eigenvalue weighted by atomic mass is 9.96. The van der Waals surface area contributed by atoms with Crippen molar-refractivity contribution in [3.8, 4) is 0 Å². The molecule has 1 aromatic rings. The molecular formula is C16H25ClN4. The van der Waals surface area contributed by atoms with Gasteiger partial charge in [0.15, 0.2) is 0 Å². The van der Waals surface area contributed by atoms with Crippen molar-refractivity contribution in [2.75, 3.05) is 32.7 Å². The minimum Gasteiger partial charge on any atom is -0.303 e. The second-order valence-electron chi connectivity index (χ2n) is 6.48. The molecule has 4 nitrogen and oxygen atoms in total. The molecule has 0 spiro atoms. The second-order valence-corrected chi connectivity index (χ2v) is 6.86. The molecule has 0 bridgehead atoms. The third-order valence-electron chi connectivity index (χ3n) is 4.66. The van der Waals surface area contributed by atoms with Crippen LogP contribution in [-0.4, -0.2) is 52.5 Å². The zero-order valence-corrected chi connectivity index (χ0v) is 13.6. The summed E-state index contributed by atoms with van der Waals surface area (Å²) in [5.41, 5.74) is 0.953. The SMILES string of the molecule is Cc1cc(Cl)nc(CN2CCC(CN3CCCC3)CC2)n1. The lowest BCUT2D eigenvalue weighted by molar-refractivity contribution is 0.146. The minimum absolute atomic E-state index is 0.557. The maximum atomic E-state index is 6.01. The zero-order valence-electron chi connectivity index (χ0n) is 12.9. The molecule has 2 aliphatic rings. The van der Waals surface area contributed by atoms with E-state index >= 15 is 0 Å². The molecule has 3 heterocycles. The topological polar surface area (TPSA) is 32.3 Å². The van der Waals surface area contributed by atoms with E-state index in [4.69, 9.17) is 11.6 Å². The molecule has 0 N–H and O–H groups in total. The summed E-state index contributed by atoms with van der Waals surface area (Å²) in [4.78, 5) is 13.9. The normalized spacial score (nSPS) is 22.0. The average Bonchev–Trinajstić information content (AvgIpc) is 2.93. The highest BCUT2D eigenvalue weighted by Crippen LogP contribution is 2.21. The maximum absolute atomic E-state index is 6.01. The lowest BCUT2D eigenvalue weighted by Gasteiger charge is -2.33. The smallest absolute Gasteiger partial charge is 0.144 e. The summed E-state index contributed by atoms with van der Waals surface area (Å²) in [6.45, 7) is 9.06. The van der Waals surface area contributed by atoms with E-state index in [1.807, 2.05) is 13.0 Å². The molecule has 5 heteroatoms. The first kappa shape index (κ1) is 15.2. The van der Waals surface area contributed by atoms with E-state index in [-0.39, 0.29) is 0 Å². The van der Waals surface area contributed by atoms with Crippen molar-refractivity contribution in [2.24, 2.45) is 5.92 Å². The van der Waals surface area contributed by atoms with Gasteiger partial charge in [-0.25, -0.2) is 9.97 Å². The Balaban J connectivity index is 1.46. The summed E-state index contributed by atoms with van der Waals surface area (Å²) in [5, 5.41) is 0.557. The van der Waals surface area contributed by atoms with Crippen molar-refractivity contribution in [3.63, 3.8) is 0 Å². The van der Waals surface area contributed by atoms with Crippen LogP contribution in [0, 0.1) is 12.8 Å². The first-order valence-corrected chi connectivity index (χ1v) is 8.51. The molecule has 0 atom stereocenters. The molecule has 2 aliphatic heterocycles. The van der Waals surface area contributed by atoms with Gasteiger partial charge in [0.2, 0.25) is 0 Å². The molecule has 0 radical (unpaired) electrons. The molecule has 3 rings (SSSR count). The summed E-state index contributed by atoms with van der Waals surface area (Å²) in [6.07, 6.45) is 5.39. The number of hydrogen-bond acceptors (Lipinski definition) is 4. The Morgan fingerprint density at radius 1 is 1.10 bits per heavy atom. The van der Waals surface area contributed by atoms with Gasteiger partial charge in [-0.15, -0.1) is 0 Å². The summed E-state index contributed by atoms with van der Waals surface area (Å²) in [5.74, 6) is 1.74. The third kappa shape index (κ3) is 4.38. The highest BCUT2D eigenvalue weighted by Gasteiger charge is 2.23. The molecular weight excluding hydrogens is 284 g/mol. The number of halogens is 1. The molecule has 2 fully saturated rings. The fourth-order valence-corrected chi connectivity index (χ4v) is 3.77. The quantitative estimate of drug-likeness (QED) is 0.801. The first-order chi connectivity index (χ1) is 10.2. The standard InChI is InChI=1S/C16H25ClN4/c1-13-10-15(17)19-16(18-13)12-21-8-4-14(5-9-21)11-20-6-2-3-7-20/h10,14H,2-9,11-12H2,1H3. The molecule has 0 saturated carbocycles. The van der Waals surface area contributed by atoms with Gasteiger partial charge in [0.05, 0.1) is 6.54 Å². The predicted octanol–water partition coefficient (Wildman–Crippen LogP) is 2.75. The van der Waals surface area contributed by atoms with Crippen LogP contribution in [0.2, 0.25) is 5.15 Å². The van der Waals surface area contributed by atoms with Crippen LogP contribution in [0.5, 0.6) is 0 Å². The van der Waals surface area contributed by atoms with E-state index in [1.165, 1.54) is 45.3 Å². The number of piperidine rings is 1. The Kier molecular flexibility index (Phi) is 5.09. The molecule has 0 aromatic carbocycles. The van der Waals surface area contributed by atoms with Gasteiger partial charge in [-0.2, -0.15) is 0 Å². The molecule has 116 valence electrons. The van der Waals surface area contributed by atoms with E-state index in [1.54, 1.807) is 0 Å². The third-order valence-corrected chi connectivity index (χ3v) is 4.85. The van der Waals surface area contributed by atoms with Gasteiger partial charge in [-0.3, -0.25) is 4.90 Å². The average molecular weight is 309 g/mol. The van der Waals surface area contributed by atoms with Gasteiger partial charge in [0.25, 0.3) is 0 Å². The van der Waals surface area contributed by atoms with Gasteiger partial charge in [-0.1, -0.05) is 11.6 Å². The predicted molar refractivity (Wildman–Crippen MR) is 85.5 cm³/mol. The van der Waals surface area contributed by atoms with Crippen LogP contribution in [0.25, 0.3) is 0 Å². The summed E-state index contributed by atoms with van der Waals surface area (Å²) < 4.78 is 0. The van der Waals surface area contributed by atoms with Crippen LogP contribution in [0.1, 0.15) is 37.2 Å². The number of aryl methyl sites for hydroxylation is 1. The second kappa shape index (κ2) is 7.03. The van der Waals surface area contributed by atoms with Gasteiger partial charge in [-0.05, 0) is 70.8 Å². The maximum Gasteiger partial charge on any atom is 0.144 e. The number of likely N-dealkylation sites (tertiary alicyclic amines) is 2. The fourth-order valence-electron chi connectivity index (χ4n) is 3.52. The van der Waals surface area contributed by atoms with Crippen molar-refractivity contribution in [1.29, 1.82) is 0 Å². The van der Waals surface area contributed by atoms with E-state index < -0.39 is 0 Å². The molecule has 1 aromatic heterocycles. The Morgan fingerprint density at radius 2 is 1.81 bits per heavy atom. The fraction of sp³-hybridized carbons (Fsp3) is 0.750. The van der Waals surface area contributed by atoms with Gasteiger partial charge < -0.3 is 4.90 Å². The number of hydrogen-bond donors (Lipinski definition) is 0. The minimum atomic E-state index is 0.557. The van der Waals surface area contributed by atoms with Crippen LogP contribution in [0.4, 0.5) is 0 Å². The molecule has 0 amide bonds. The number of aromatic nitrogens is 2. The van der Waals surface area contributed by atoms with Crippen LogP contribution >= 0.6 is 11.6 Å². The highest BCUT2D eigenvalue weighted by molar-refractivity contribution is 6.29. The van der Waals surface area contributed by atoms with Crippen molar-refractivity contribution >= 4 is 11.6 Å². The van der Waals surface area contributed by atoms with E-state index in [9.17, 15) is 0 Å². The van der Waals surface area contributed by atoms with Gasteiger partial charge in [0.1, 0.15) is 11.0 Å². The summed E-state index contributed by atoms with van der Waals surface area (Å²) in [7, 11) is 0. The monoisotopic (exact) mass is 308 g/mol. The lowest BCUT2D eigenvalue weighted by Crippen LogP contribution is -2.38. The van der Waals surface area contributed by atoms with E-state index in [0.717, 1.165) is 37.1 Å².